The lowest BCUT2D eigenvalue weighted by Gasteiger charge is -2.28. The molecule has 110 valence electrons. The molecule has 0 aromatic rings. The summed E-state index contributed by atoms with van der Waals surface area (Å²) >= 11 is 0. The average molecular weight is 270 g/mol. The van der Waals surface area contributed by atoms with Gasteiger partial charge in [-0.15, -0.1) is 0 Å². The lowest BCUT2D eigenvalue weighted by Crippen LogP contribution is -2.47. The maximum Gasteiger partial charge on any atom is 0.401 e. The zero-order valence-corrected chi connectivity index (χ0v) is 11.5. The third-order valence-corrected chi connectivity index (χ3v) is 2.47. The van der Waals surface area contributed by atoms with Crippen LogP contribution in [0.5, 0.6) is 0 Å². The van der Waals surface area contributed by atoms with Crippen molar-refractivity contribution in [2.24, 2.45) is 0 Å². The van der Waals surface area contributed by atoms with Gasteiger partial charge in [-0.25, -0.2) is 0 Å². The third kappa shape index (κ3) is 9.67. The van der Waals surface area contributed by atoms with Crippen molar-refractivity contribution < 1.29 is 17.9 Å². The molecule has 1 unspecified atom stereocenters. The topological polar surface area (TPSA) is 24.5 Å². The first-order chi connectivity index (χ1) is 8.42. The largest absolute Gasteiger partial charge is 0.401 e. The first kappa shape index (κ1) is 17.7. The molecule has 0 amide bonds. The van der Waals surface area contributed by atoms with Crippen LogP contribution >= 0.6 is 0 Å². The summed E-state index contributed by atoms with van der Waals surface area (Å²) in [5.41, 5.74) is 0. The van der Waals surface area contributed by atoms with E-state index in [0.29, 0.717) is 26.1 Å². The van der Waals surface area contributed by atoms with Gasteiger partial charge in [-0.1, -0.05) is 13.8 Å². The molecule has 0 bridgehead atoms. The second-order valence-electron chi connectivity index (χ2n) is 4.46. The lowest BCUT2D eigenvalue weighted by molar-refractivity contribution is -0.147. The average Bonchev–Trinajstić information content (AvgIpc) is 2.24. The van der Waals surface area contributed by atoms with E-state index in [0.717, 1.165) is 13.0 Å². The highest BCUT2D eigenvalue weighted by atomic mass is 19.4. The van der Waals surface area contributed by atoms with E-state index >= 15 is 0 Å². The van der Waals surface area contributed by atoms with Gasteiger partial charge in [0.15, 0.2) is 0 Å². The molecule has 1 N–H and O–H groups in total. The summed E-state index contributed by atoms with van der Waals surface area (Å²) < 4.78 is 42.3. The van der Waals surface area contributed by atoms with Gasteiger partial charge < -0.3 is 10.1 Å². The minimum atomic E-state index is -4.14. The van der Waals surface area contributed by atoms with Crippen LogP contribution in [0.1, 0.15) is 26.7 Å². The van der Waals surface area contributed by atoms with E-state index in [1.54, 1.807) is 7.11 Å². The molecule has 0 aliphatic carbocycles. The first-order valence-electron chi connectivity index (χ1n) is 6.44. The predicted octanol–water partition coefficient (Wildman–Crippen LogP) is 2.28. The Kier molecular flexibility index (Phi) is 9.40. The number of hydrogen-bond donors (Lipinski definition) is 1. The molecule has 18 heavy (non-hydrogen) atoms. The van der Waals surface area contributed by atoms with Crippen molar-refractivity contribution in [2.75, 3.05) is 39.9 Å². The third-order valence-electron chi connectivity index (χ3n) is 2.47. The van der Waals surface area contributed by atoms with E-state index in [2.05, 4.69) is 5.32 Å². The Morgan fingerprint density at radius 3 is 2.33 bits per heavy atom. The number of halogens is 3. The fourth-order valence-electron chi connectivity index (χ4n) is 1.84. The van der Waals surface area contributed by atoms with Gasteiger partial charge in [0.1, 0.15) is 0 Å². The number of hydrogen-bond acceptors (Lipinski definition) is 3. The van der Waals surface area contributed by atoms with E-state index in [4.69, 9.17) is 4.74 Å². The minimum Gasteiger partial charge on any atom is -0.383 e. The summed E-state index contributed by atoms with van der Waals surface area (Å²) in [4.78, 5) is 1.44. The normalized spacial score (nSPS) is 14.2. The molecule has 1 atom stereocenters. The van der Waals surface area contributed by atoms with Crippen molar-refractivity contribution in [1.29, 1.82) is 0 Å². The fraction of sp³-hybridized carbons (Fsp3) is 1.00. The number of rotatable bonds is 10. The smallest absolute Gasteiger partial charge is 0.383 e. The van der Waals surface area contributed by atoms with Gasteiger partial charge >= 0.3 is 6.18 Å². The number of nitrogens with zero attached hydrogens (tertiary/aromatic N) is 1. The molecule has 0 aliphatic heterocycles. The van der Waals surface area contributed by atoms with Crippen LogP contribution in [0.15, 0.2) is 0 Å². The van der Waals surface area contributed by atoms with Crippen molar-refractivity contribution in [3.05, 3.63) is 0 Å². The molecule has 0 aromatic carbocycles. The summed E-state index contributed by atoms with van der Waals surface area (Å²) in [5, 5.41) is 3.21. The van der Waals surface area contributed by atoms with Gasteiger partial charge in [0, 0.05) is 19.7 Å². The van der Waals surface area contributed by atoms with Gasteiger partial charge in [0.2, 0.25) is 0 Å². The van der Waals surface area contributed by atoms with Gasteiger partial charge in [0.25, 0.3) is 0 Å². The molecule has 0 aromatic heterocycles. The van der Waals surface area contributed by atoms with Crippen LogP contribution in [-0.4, -0.2) is 57.0 Å². The Hall–Kier alpha value is -0.330. The Morgan fingerprint density at radius 1 is 1.22 bits per heavy atom. The van der Waals surface area contributed by atoms with Crippen molar-refractivity contribution in [3.63, 3.8) is 0 Å². The molecule has 0 aliphatic rings. The van der Waals surface area contributed by atoms with Gasteiger partial charge in [0.05, 0.1) is 13.2 Å². The highest BCUT2D eigenvalue weighted by Gasteiger charge is 2.31. The summed E-state index contributed by atoms with van der Waals surface area (Å²) in [5.74, 6) is 0. The van der Waals surface area contributed by atoms with Crippen LogP contribution in [0.3, 0.4) is 0 Å². The number of nitrogens with one attached hydrogen (secondary N) is 1. The Bertz CT molecular complexity index is 200. The van der Waals surface area contributed by atoms with Crippen LogP contribution in [0, 0.1) is 0 Å². The summed E-state index contributed by atoms with van der Waals surface area (Å²) in [6.45, 7) is 5.09. The molecule has 3 nitrogen and oxygen atoms in total. The Balaban J connectivity index is 4.30. The predicted molar refractivity (Wildman–Crippen MR) is 66.7 cm³/mol. The highest BCUT2D eigenvalue weighted by molar-refractivity contribution is 4.73. The molecule has 0 heterocycles. The maximum atomic E-state index is 12.4. The van der Waals surface area contributed by atoms with Crippen LogP contribution in [-0.2, 0) is 4.74 Å². The van der Waals surface area contributed by atoms with Crippen LogP contribution in [0.25, 0.3) is 0 Å². The molecular formula is C12H25F3N2O. The number of alkyl halides is 3. The Morgan fingerprint density at radius 2 is 1.89 bits per heavy atom. The highest BCUT2D eigenvalue weighted by Crippen LogP contribution is 2.16. The van der Waals surface area contributed by atoms with Crippen molar-refractivity contribution in [3.8, 4) is 0 Å². The van der Waals surface area contributed by atoms with Gasteiger partial charge in [-0.05, 0) is 25.9 Å². The van der Waals surface area contributed by atoms with E-state index < -0.39 is 12.7 Å². The number of methoxy groups -OCH3 is 1. The maximum absolute atomic E-state index is 12.4. The lowest BCUT2D eigenvalue weighted by atomic mass is 10.2. The van der Waals surface area contributed by atoms with E-state index in [9.17, 15) is 13.2 Å². The summed E-state index contributed by atoms with van der Waals surface area (Å²) in [6, 6.07) is -0.0520. The van der Waals surface area contributed by atoms with Crippen LogP contribution < -0.4 is 5.32 Å². The molecule has 0 fully saturated rings. The molecule has 0 saturated carbocycles. The molecular weight excluding hydrogens is 245 g/mol. The SMILES string of the molecule is CCCNC(COC)CN(CCC)CC(F)(F)F. The molecule has 0 rings (SSSR count). The molecule has 0 spiro atoms. The zero-order chi connectivity index (χ0) is 14.0. The van der Waals surface area contributed by atoms with Crippen molar-refractivity contribution in [2.45, 2.75) is 38.9 Å². The first-order valence-corrected chi connectivity index (χ1v) is 6.44. The van der Waals surface area contributed by atoms with Crippen molar-refractivity contribution in [1.82, 2.24) is 10.2 Å². The second-order valence-corrected chi connectivity index (χ2v) is 4.46. The quantitative estimate of drug-likeness (QED) is 0.659. The van der Waals surface area contributed by atoms with Crippen LogP contribution in [0.2, 0.25) is 0 Å². The summed E-state index contributed by atoms with van der Waals surface area (Å²) in [6.07, 6.45) is -2.48. The fourth-order valence-corrected chi connectivity index (χ4v) is 1.84. The standard InChI is InChI=1S/C12H25F3N2O/c1-4-6-16-11(9-18-3)8-17(7-5-2)10-12(13,14)15/h11,16H,4-10H2,1-3H3. The number of ether oxygens (including phenoxy) is 1. The van der Waals surface area contributed by atoms with Gasteiger partial charge in [-0.3, -0.25) is 4.90 Å². The van der Waals surface area contributed by atoms with E-state index in [-0.39, 0.29) is 6.04 Å². The van der Waals surface area contributed by atoms with E-state index in [1.165, 1.54) is 4.90 Å². The summed E-state index contributed by atoms with van der Waals surface area (Å²) in [7, 11) is 1.56. The second kappa shape index (κ2) is 9.58. The monoisotopic (exact) mass is 270 g/mol. The molecule has 6 heteroatoms. The van der Waals surface area contributed by atoms with Crippen molar-refractivity contribution >= 4 is 0 Å². The van der Waals surface area contributed by atoms with Crippen LogP contribution in [0.4, 0.5) is 13.2 Å². The van der Waals surface area contributed by atoms with Gasteiger partial charge in [-0.2, -0.15) is 13.2 Å². The molecule has 0 radical (unpaired) electrons. The zero-order valence-electron chi connectivity index (χ0n) is 11.5. The molecule has 0 saturated heterocycles. The minimum absolute atomic E-state index is 0.0520. The Labute approximate surface area is 108 Å². The van der Waals surface area contributed by atoms with E-state index in [1.807, 2.05) is 13.8 Å².